The molecule has 5 heteroatoms. The summed E-state index contributed by atoms with van der Waals surface area (Å²) < 4.78 is 12.0. The summed E-state index contributed by atoms with van der Waals surface area (Å²) in [5, 5.41) is 8.11. The van der Waals surface area contributed by atoms with Crippen molar-refractivity contribution in [2.75, 3.05) is 6.61 Å². The number of nitriles is 1. The van der Waals surface area contributed by atoms with Crippen LogP contribution in [0.2, 0.25) is 0 Å². The fraction of sp³-hybridized carbons (Fsp3) is 0.400. The molecule has 0 aromatic rings. The van der Waals surface area contributed by atoms with Crippen molar-refractivity contribution < 1.29 is 4.52 Å². The molecule has 0 saturated carbocycles. The van der Waals surface area contributed by atoms with Gasteiger partial charge in [0.25, 0.3) is 8.45 Å². The van der Waals surface area contributed by atoms with E-state index >= 15 is 0 Å². The molecule has 0 rings (SSSR count). The molecule has 0 bridgehead atoms. The first-order valence-electron chi connectivity index (χ1n) is 2.58. The molecule has 0 heterocycles. The molecule has 0 aliphatic rings. The lowest BCUT2D eigenvalue weighted by Gasteiger charge is -2.01. The zero-order valence-electron chi connectivity index (χ0n) is 5.53. The van der Waals surface area contributed by atoms with Crippen LogP contribution < -0.4 is 0 Å². The van der Waals surface area contributed by atoms with Crippen molar-refractivity contribution in [2.45, 2.75) is 6.42 Å². The van der Waals surface area contributed by atoms with Crippen molar-refractivity contribution in [3.05, 3.63) is 0 Å². The van der Waals surface area contributed by atoms with Gasteiger partial charge in [-0.2, -0.15) is 5.26 Å². The number of nitrogens with zero attached hydrogens (tertiary/aromatic N) is 3. The van der Waals surface area contributed by atoms with Crippen LogP contribution in [0.5, 0.6) is 0 Å². The van der Waals surface area contributed by atoms with Crippen molar-refractivity contribution in [2.24, 2.45) is 9.53 Å². The van der Waals surface area contributed by atoms with Gasteiger partial charge in [0.05, 0.1) is 19.1 Å². The van der Waals surface area contributed by atoms with Crippen LogP contribution in [0.15, 0.2) is 9.53 Å². The van der Waals surface area contributed by atoms with Gasteiger partial charge in [-0.15, -0.1) is 0 Å². The van der Waals surface area contributed by atoms with E-state index in [2.05, 4.69) is 23.0 Å². The minimum atomic E-state index is -1.19. The Morgan fingerprint density at radius 1 is 1.50 bits per heavy atom. The topological polar surface area (TPSA) is 57.7 Å². The Hall–Kier alpha value is -0.780. The van der Waals surface area contributed by atoms with Gasteiger partial charge in [0.15, 0.2) is 0 Å². The first-order valence-corrected chi connectivity index (χ1v) is 3.75. The molecule has 0 radical (unpaired) electrons. The molecular formula is C5H8N3OP. The SMILES string of the molecule is C=NP(N=C)OCCC#N. The minimum absolute atomic E-state index is 0.347. The zero-order chi connectivity index (χ0) is 7.82. The molecule has 0 aliphatic carbocycles. The van der Waals surface area contributed by atoms with E-state index in [4.69, 9.17) is 9.79 Å². The third kappa shape index (κ3) is 4.13. The first kappa shape index (κ1) is 9.22. The molecule has 0 atom stereocenters. The van der Waals surface area contributed by atoms with Crippen molar-refractivity contribution in [1.29, 1.82) is 5.26 Å². The van der Waals surface area contributed by atoms with Crippen LogP contribution in [0.1, 0.15) is 6.42 Å². The second kappa shape index (κ2) is 6.34. The van der Waals surface area contributed by atoms with E-state index < -0.39 is 8.45 Å². The molecule has 0 aliphatic heterocycles. The van der Waals surface area contributed by atoms with Gasteiger partial charge in [-0.1, -0.05) is 0 Å². The highest BCUT2D eigenvalue weighted by molar-refractivity contribution is 7.49. The second-order valence-corrected chi connectivity index (χ2v) is 2.61. The maximum atomic E-state index is 8.11. The Labute approximate surface area is 61.2 Å². The molecule has 0 saturated heterocycles. The van der Waals surface area contributed by atoms with E-state index in [0.29, 0.717) is 13.0 Å². The number of hydrogen-bond donors (Lipinski definition) is 0. The predicted molar refractivity (Wildman–Crippen MR) is 42.2 cm³/mol. The maximum Gasteiger partial charge on any atom is 0.287 e. The molecule has 0 fully saturated rings. The molecule has 0 amide bonds. The van der Waals surface area contributed by atoms with Crippen molar-refractivity contribution in [3.63, 3.8) is 0 Å². The molecule has 54 valence electrons. The van der Waals surface area contributed by atoms with Gasteiger partial charge in [-0.25, -0.2) is 9.53 Å². The lowest BCUT2D eigenvalue weighted by molar-refractivity contribution is 0.363. The normalized spacial score (nSPS) is 8.80. The third-order valence-electron chi connectivity index (χ3n) is 0.663. The molecular weight excluding hydrogens is 149 g/mol. The predicted octanol–water partition coefficient (Wildman–Crippen LogP) is 1.54. The molecule has 0 aromatic carbocycles. The van der Waals surface area contributed by atoms with E-state index in [0.717, 1.165) is 0 Å². The van der Waals surface area contributed by atoms with E-state index in [1.54, 1.807) is 0 Å². The van der Waals surface area contributed by atoms with Crippen molar-refractivity contribution >= 4 is 21.9 Å². The van der Waals surface area contributed by atoms with Gasteiger partial charge in [0, 0.05) is 0 Å². The van der Waals surface area contributed by atoms with Crippen LogP contribution >= 0.6 is 8.45 Å². The smallest absolute Gasteiger partial charge is 0.287 e. The zero-order valence-corrected chi connectivity index (χ0v) is 6.42. The van der Waals surface area contributed by atoms with E-state index in [1.807, 2.05) is 6.07 Å². The minimum Gasteiger partial charge on any atom is -0.319 e. The van der Waals surface area contributed by atoms with Crippen LogP contribution in [0.4, 0.5) is 0 Å². The highest BCUT2D eigenvalue weighted by atomic mass is 31.2. The summed E-state index contributed by atoms with van der Waals surface area (Å²) in [6, 6.07) is 1.93. The monoisotopic (exact) mass is 157 g/mol. The fourth-order valence-corrected chi connectivity index (χ4v) is 0.807. The lowest BCUT2D eigenvalue weighted by Crippen LogP contribution is -1.83. The summed E-state index contributed by atoms with van der Waals surface area (Å²) in [6.45, 7) is 6.84. The van der Waals surface area contributed by atoms with Crippen molar-refractivity contribution in [1.82, 2.24) is 0 Å². The summed E-state index contributed by atoms with van der Waals surface area (Å²) >= 11 is 0. The van der Waals surface area contributed by atoms with Gasteiger partial charge < -0.3 is 4.52 Å². The summed E-state index contributed by atoms with van der Waals surface area (Å²) in [7, 11) is -1.19. The van der Waals surface area contributed by atoms with Crippen LogP contribution in [0, 0.1) is 11.3 Å². The lowest BCUT2D eigenvalue weighted by atomic mass is 10.5. The summed E-state index contributed by atoms with van der Waals surface area (Å²) in [6.07, 6.45) is 0.351. The summed E-state index contributed by atoms with van der Waals surface area (Å²) in [5.41, 5.74) is 0. The van der Waals surface area contributed by atoms with E-state index in [9.17, 15) is 0 Å². The molecule has 0 aromatic heterocycles. The second-order valence-electron chi connectivity index (χ2n) is 1.28. The summed E-state index contributed by atoms with van der Waals surface area (Å²) in [5.74, 6) is 0. The highest BCUT2D eigenvalue weighted by Crippen LogP contribution is 2.38. The highest BCUT2D eigenvalue weighted by Gasteiger charge is 1.99. The number of rotatable bonds is 5. The first-order chi connectivity index (χ1) is 4.85. The molecule has 10 heavy (non-hydrogen) atoms. The molecule has 4 nitrogen and oxygen atoms in total. The van der Waals surface area contributed by atoms with Crippen molar-refractivity contribution in [3.8, 4) is 6.07 Å². The van der Waals surface area contributed by atoms with Gasteiger partial charge in [0.2, 0.25) is 0 Å². The average Bonchev–Trinajstić information content (AvgIpc) is 1.99. The van der Waals surface area contributed by atoms with Gasteiger partial charge >= 0.3 is 0 Å². The third-order valence-corrected chi connectivity index (χ3v) is 1.56. The Balaban J connectivity index is 3.36. The Kier molecular flexibility index (Phi) is 5.85. The van der Waals surface area contributed by atoms with Crippen LogP contribution in [-0.2, 0) is 4.52 Å². The number of hydrogen-bond acceptors (Lipinski definition) is 4. The fourth-order valence-electron chi connectivity index (χ4n) is 0.299. The average molecular weight is 157 g/mol. The molecule has 0 spiro atoms. The Morgan fingerprint density at radius 3 is 2.50 bits per heavy atom. The summed E-state index contributed by atoms with van der Waals surface area (Å²) in [4.78, 5) is 0. The van der Waals surface area contributed by atoms with Gasteiger partial charge in [-0.05, 0) is 13.4 Å². The molecule has 0 unspecified atom stereocenters. The Morgan fingerprint density at radius 2 is 2.10 bits per heavy atom. The Bertz CT molecular complexity index is 145. The maximum absolute atomic E-state index is 8.11. The van der Waals surface area contributed by atoms with Crippen LogP contribution in [0.25, 0.3) is 0 Å². The molecule has 0 N–H and O–H groups in total. The van der Waals surface area contributed by atoms with E-state index in [-0.39, 0.29) is 0 Å². The van der Waals surface area contributed by atoms with E-state index in [1.165, 1.54) is 0 Å². The largest absolute Gasteiger partial charge is 0.319 e. The standard InChI is InChI=1S/C5H8N3OP/c1-7-10(8-2)9-5-3-4-6/h1-3,5H2. The van der Waals surface area contributed by atoms with Crippen LogP contribution in [-0.4, -0.2) is 20.0 Å². The van der Waals surface area contributed by atoms with Gasteiger partial charge in [-0.3, -0.25) is 0 Å². The van der Waals surface area contributed by atoms with Gasteiger partial charge in [0.1, 0.15) is 0 Å². The van der Waals surface area contributed by atoms with Crippen LogP contribution in [0.3, 0.4) is 0 Å². The quantitative estimate of drug-likeness (QED) is 0.345.